The Bertz CT molecular complexity index is 1590. The van der Waals surface area contributed by atoms with Crippen molar-refractivity contribution in [2.75, 3.05) is 36.0 Å². The van der Waals surface area contributed by atoms with Crippen molar-refractivity contribution in [3.63, 3.8) is 0 Å². The molecule has 0 unspecified atom stereocenters. The lowest BCUT2D eigenvalue weighted by molar-refractivity contribution is 0.158. The van der Waals surface area contributed by atoms with E-state index in [4.69, 9.17) is 5.73 Å². The quantitative estimate of drug-likeness (QED) is 0.352. The van der Waals surface area contributed by atoms with Crippen LogP contribution >= 0.6 is 0 Å². The van der Waals surface area contributed by atoms with Crippen molar-refractivity contribution < 1.29 is 0 Å². The summed E-state index contributed by atoms with van der Waals surface area (Å²) in [5.41, 5.74) is 13.7. The summed E-state index contributed by atoms with van der Waals surface area (Å²) in [5.74, 6) is 0. The molecular formula is C34H43N7O. The van der Waals surface area contributed by atoms with E-state index in [9.17, 15) is 4.79 Å². The predicted molar refractivity (Wildman–Crippen MR) is 171 cm³/mol. The lowest BCUT2D eigenvalue weighted by Crippen LogP contribution is -2.48. The van der Waals surface area contributed by atoms with Crippen molar-refractivity contribution in [3.8, 4) is 0 Å². The monoisotopic (exact) mass is 565 g/mol. The summed E-state index contributed by atoms with van der Waals surface area (Å²) < 4.78 is 2.13. The fraction of sp³-hybridized carbons (Fsp3) is 0.441. The number of nitrogens with two attached hydrogens (primary N) is 1. The standard InChI is InChI=1S/C34H43N7O/c1-24-6-7-30(19-37-24)40-14-4-5-31(23-40)41(20-26-10-13-36-25(2)17-26)22-27-21-38(3)33-18-29(8-9-32(33)34(27)42)39-15-11-28(35)12-16-39/h6-10,13,17-19,21,28,31H,4-5,11-12,14-16,20,22-23,35H2,1-3H3/t31-/m0/s1. The second-order valence-corrected chi connectivity index (χ2v) is 12.2. The van der Waals surface area contributed by atoms with Gasteiger partial charge in [0.25, 0.3) is 0 Å². The van der Waals surface area contributed by atoms with Gasteiger partial charge in [-0.05, 0) is 87.6 Å². The molecule has 5 heterocycles. The Morgan fingerprint density at radius 3 is 2.48 bits per heavy atom. The lowest BCUT2D eigenvalue weighted by atomic mass is 10.0. The summed E-state index contributed by atoms with van der Waals surface area (Å²) >= 11 is 0. The predicted octanol–water partition coefficient (Wildman–Crippen LogP) is 4.54. The maximum Gasteiger partial charge on any atom is 0.193 e. The molecule has 42 heavy (non-hydrogen) atoms. The highest BCUT2D eigenvalue weighted by Crippen LogP contribution is 2.27. The van der Waals surface area contributed by atoms with Gasteiger partial charge in [-0.2, -0.15) is 0 Å². The lowest BCUT2D eigenvalue weighted by Gasteiger charge is -2.40. The number of nitrogens with zero attached hydrogens (tertiary/aromatic N) is 6. The molecule has 220 valence electrons. The van der Waals surface area contributed by atoms with E-state index in [1.54, 1.807) is 0 Å². The number of aryl methyl sites for hydroxylation is 3. The van der Waals surface area contributed by atoms with E-state index in [1.807, 2.05) is 32.3 Å². The van der Waals surface area contributed by atoms with Gasteiger partial charge >= 0.3 is 0 Å². The highest BCUT2D eigenvalue weighted by atomic mass is 16.1. The molecule has 6 rings (SSSR count). The number of fused-ring (bicyclic) bond motifs is 1. The van der Waals surface area contributed by atoms with Crippen LogP contribution in [0.5, 0.6) is 0 Å². The minimum absolute atomic E-state index is 0.127. The van der Waals surface area contributed by atoms with E-state index in [-0.39, 0.29) is 11.5 Å². The highest BCUT2D eigenvalue weighted by molar-refractivity contribution is 5.83. The molecule has 8 heteroatoms. The van der Waals surface area contributed by atoms with Crippen molar-refractivity contribution in [2.45, 2.75) is 64.7 Å². The molecule has 3 aromatic heterocycles. The van der Waals surface area contributed by atoms with E-state index in [1.165, 1.54) is 11.3 Å². The smallest absolute Gasteiger partial charge is 0.193 e. The van der Waals surface area contributed by atoms with Crippen LogP contribution in [0.1, 0.15) is 48.2 Å². The summed E-state index contributed by atoms with van der Waals surface area (Å²) in [6, 6.07) is 15.4. The normalized spacial score (nSPS) is 18.3. The number of benzene rings is 1. The Labute approximate surface area is 248 Å². The molecule has 1 aromatic carbocycles. The molecule has 1 atom stereocenters. The van der Waals surface area contributed by atoms with Crippen LogP contribution in [-0.2, 0) is 20.1 Å². The third-order valence-corrected chi connectivity index (χ3v) is 9.05. The van der Waals surface area contributed by atoms with Crippen LogP contribution in [0.4, 0.5) is 11.4 Å². The molecule has 0 radical (unpaired) electrons. The average molecular weight is 566 g/mol. The third kappa shape index (κ3) is 6.20. The first kappa shape index (κ1) is 28.4. The molecule has 2 aliphatic heterocycles. The zero-order chi connectivity index (χ0) is 29.2. The first-order valence-corrected chi connectivity index (χ1v) is 15.3. The Morgan fingerprint density at radius 2 is 1.71 bits per heavy atom. The maximum absolute atomic E-state index is 14.0. The van der Waals surface area contributed by atoms with E-state index in [0.717, 1.165) is 91.9 Å². The van der Waals surface area contributed by atoms with Crippen molar-refractivity contribution in [2.24, 2.45) is 12.8 Å². The Kier molecular flexibility index (Phi) is 8.27. The van der Waals surface area contributed by atoms with Crippen molar-refractivity contribution >= 4 is 22.3 Å². The second kappa shape index (κ2) is 12.2. The third-order valence-electron chi connectivity index (χ3n) is 9.05. The van der Waals surface area contributed by atoms with Crippen LogP contribution in [0.2, 0.25) is 0 Å². The number of anilines is 2. The van der Waals surface area contributed by atoms with Gasteiger partial charge < -0.3 is 20.1 Å². The summed E-state index contributed by atoms with van der Waals surface area (Å²) in [7, 11) is 2.06. The molecule has 2 aliphatic rings. The molecule has 2 saturated heterocycles. The molecule has 0 saturated carbocycles. The fourth-order valence-electron chi connectivity index (χ4n) is 6.61. The van der Waals surface area contributed by atoms with Gasteiger partial charge in [0.1, 0.15) is 0 Å². The van der Waals surface area contributed by atoms with Gasteiger partial charge in [0.15, 0.2) is 5.43 Å². The van der Waals surface area contributed by atoms with Gasteiger partial charge in [-0.15, -0.1) is 0 Å². The van der Waals surface area contributed by atoms with Gasteiger partial charge in [-0.1, -0.05) is 0 Å². The minimum Gasteiger partial charge on any atom is -0.371 e. The van der Waals surface area contributed by atoms with Crippen molar-refractivity contribution in [3.05, 3.63) is 93.8 Å². The molecule has 2 fully saturated rings. The molecule has 2 N–H and O–H groups in total. The maximum atomic E-state index is 14.0. The van der Waals surface area contributed by atoms with Crippen LogP contribution in [-0.4, -0.2) is 57.7 Å². The minimum atomic E-state index is 0.127. The zero-order valence-corrected chi connectivity index (χ0v) is 25.2. The van der Waals surface area contributed by atoms with Crippen molar-refractivity contribution in [1.82, 2.24) is 19.4 Å². The second-order valence-electron chi connectivity index (χ2n) is 12.2. The first-order valence-electron chi connectivity index (χ1n) is 15.3. The number of piperidine rings is 2. The van der Waals surface area contributed by atoms with Crippen LogP contribution < -0.4 is 21.0 Å². The Hall–Kier alpha value is -3.75. The molecule has 0 amide bonds. The number of aromatic nitrogens is 3. The van der Waals surface area contributed by atoms with Gasteiger partial charge in [0.2, 0.25) is 0 Å². The SMILES string of the molecule is Cc1ccc(N2CCC[C@H](N(Cc3ccnc(C)c3)Cc3cn(C)c4cc(N5CCC(N)CC5)ccc4c3=O)C2)cn1. The highest BCUT2D eigenvalue weighted by Gasteiger charge is 2.27. The van der Waals surface area contributed by atoms with E-state index < -0.39 is 0 Å². The Morgan fingerprint density at radius 1 is 0.905 bits per heavy atom. The summed E-state index contributed by atoms with van der Waals surface area (Å²) in [4.78, 5) is 30.2. The molecule has 4 aromatic rings. The number of rotatable bonds is 7. The van der Waals surface area contributed by atoms with Crippen molar-refractivity contribution in [1.29, 1.82) is 0 Å². The largest absolute Gasteiger partial charge is 0.371 e. The van der Waals surface area contributed by atoms with Crippen LogP contribution in [0.15, 0.2) is 65.8 Å². The van der Waals surface area contributed by atoms with Gasteiger partial charge in [-0.3, -0.25) is 19.7 Å². The number of hydrogen-bond donors (Lipinski definition) is 1. The fourth-order valence-corrected chi connectivity index (χ4v) is 6.61. The first-order chi connectivity index (χ1) is 20.3. The van der Waals surface area contributed by atoms with E-state index in [2.05, 4.69) is 78.9 Å². The topological polar surface area (TPSA) is 83.5 Å². The van der Waals surface area contributed by atoms with E-state index in [0.29, 0.717) is 12.6 Å². The van der Waals surface area contributed by atoms with Crippen LogP contribution in [0.25, 0.3) is 10.9 Å². The number of pyridine rings is 3. The van der Waals surface area contributed by atoms with Crippen LogP contribution in [0, 0.1) is 13.8 Å². The molecule has 0 bridgehead atoms. The summed E-state index contributed by atoms with van der Waals surface area (Å²) in [5, 5.41) is 0.781. The van der Waals surface area contributed by atoms with Gasteiger partial charge in [-0.25, -0.2) is 0 Å². The molecular weight excluding hydrogens is 522 g/mol. The average Bonchev–Trinajstić information content (AvgIpc) is 3.00. The zero-order valence-electron chi connectivity index (χ0n) is 25.2. The molecule has 0 spiro atoms. The van der Waals surface area contributed by atoms with Gasteiger partial charge in [0.05, 0.1) is 17.4 Å². The van der Waals surface area contributed by atoms with Crippen LogP contribution in [0.3, 0.4) is 0 Å². The number of hydrogen-bond acceptors (Lipinski definition) is 7. The molecule has 0 aliphatic carbocycles. The summed E-state index contributed by atoms with van der Waals surface area (Å²) in [6.45, 7) is 9.27. The Balaban J connectivity index is 1.30. The summed E-state index contributed by atoms with van der Waals surface area (Å²) in [6.07, 6.45) is 10.1. The van der Waals surface area contributed by atoms with Gasteiger partial charge in [0, 0.05) is 98.8 Å². The molecule has 8 nitrogen and oxygen atoms in total. The van der Waals surface area contributed by atoms with E-state index >= 15 is 0 Å².